The molecule has 2 unspecified atom stereocenters. The summed E-state index contributed by atoms with van der Waals surface area (Å²) in [5.74, 6) is 0. The molecule has 4 nitrogen and oxygen atoms in total. The lowest BCUT2D eigenvalue weighted by molar-refractivity contribution is 0.523. The second-order valence-electron chi connectivity index (χ2n) is 9.39. The van der Waals surface area contributed by atoms with Crippen LogP contribution in [0.25, 0.3) is 22.3 Å². The minimum atomic E-state index is -1.17. The van der Waals surface area contributed by atoms with Crippen molar-refractivity contribution in [3.05, 3.63) is 83.9 Å². The maximum atomic E-state index is 8.51. The highest BCUT2D eigenvalue weighted by molar-refractivity contribution is 7.16. The van der Waals surface area contributed by atoms with Crippen molar-refractivity contribution in [2.24, 2.45) is 0 Å². The minimum Gasteiger partial charge on any atom is -0.162 e. The summed E-state index contributed by atoms with van der Waals surface area (Å²) in [7, 11) is -2.33. The molecular weight excluding hydrogens is 438 g/mol. The fourth-order valence-electron chi connectivity index (χ4n) is 3.36. The van der Waals surface area contributed by atoms with Crippen LogP contribution in [0.15, 0.2) is 72.8 Å². The van der Waals surface area contributed by atoms with Gasteiger partial charge in [0.15, 0.2) is 0 Å². The highest BCUT2D eigenvalue weighted by Gasteiger charge is 2.22. The maximum absolute atomic E-state index is 8.51. The molecule has 32 heavy (non-hydrogen) atoms. The Morgan fingerprint density at radius 2 is 1.03 bits per heavy atom. The second kappa shape index (κ2) is 12.7. The Hall–Kier alpha value is -2.22. The van der Waals surface area contributed by atoms with E-state index >= 15 is 0 Å². The SMILES string of the molecule is CC(C)(C)c1ccc(-c2ccc(-c3ccccc3)cc2)c(C(C)(C)C)c1.O=[PH+]O.O=[PH+]O. The van der Waals surface area contributed by atoms with E-state index in [1.54, 1.807) is 0 Å². The summed E-state index contributed by atoms with van der Waals surface area (Å²) >= 11 is 0. The average molecular weight is 473 g/mol. The van der Waals surface area contributed by atoms with Gasteiger partial charge in [0.2, 0.25) is 0 Å². The summed E-state index contributed by atoms with van der Waals surface area (Å²) < 4.78 is 17.0. The monoisotopic (exact) mass is 472 g/mol. The van der Waals surface area contributed by atoms with Gasteiger partial charge >= 0.3 is 17.4 Å². The fourth-order valence-corrected chi connectivity index (χ4v) is 3.36. The number of hydrogen-bond donors (Lipinski definition) is 2. The Morgan fingerprint density at radius 1 is 0.594 bits per heavy atom. The highest BCUT2D eigenvalue weighted by atomic mass is 31.1. The zero-order valence-electron chi connectivity index (χ0n) is 19.6. The predicted octanol–water partition coefficient (Wildman–Crippen LogP) is 7.45. The van der Waals surface area contributed by atoms with Gasteiger partial charge in [-0.25, -0.2) is 0 Å². The van der Waals surface area contributed by atoms with E-state index in [0.717, 1.165) is 0 Å². The fraction of sp³-hybridized carbons (Fsp3) is 0.308. The van der Waals surface area contributed by atoms with Gasteiger partial charge < -0.3 is 0 Å². The molecule has 0 aliphatic heterocycles. The van der Waals surface area contributed by atoms with Crippen LogP contribution in [0.2, 0.25) is 0 Å². The summed E-state index contributed by atoms with van der Waals surface area (Å²) in [6.45, 7) is 13.7. The Bertz CT molecular complexity index is 981. The van der Waals surface area contributed by atoms with Gasteiger partial charge in [-0.15, -0.1) is 0 Å². The van der Waals surface area contributed by atoms with Crippen molar-refractivity contribution in [3.8, 4) is 22.3 Å². The lowest BCUT2D eigenvalue weighted by Gasteiger charge is -2.27. The Labute approximate surface area is 194 Å². The van der Waals surface area contributed by atoms with Crippen LogP contribution in [-0.4, -0.2) is 9.79 Å². The maximum Gasteiger partial charge on any atom is 0.491 e. The van der Waals surface area contributed by atoms with Crippen molar-refractivity contribution >= 4 is 17.4 Å². The molecule has 0 radical (unpaired) electrons. The van der Waals surface area contributed by atoms with Crippen LogP contribution in [0, 0.1) is 0 Å². The van der Waals surface area contributed by atoms with Gasteiger partial charge in [0.05, 0.1) is 0 Å². The quantitative estimate of drug-likeness (QED) is 0.380. The van der Waals surface area contributed by atoms with Crippen LogP contribution in [0.4, 0.5) is 0 Å². The largest absolute Gasteiger partial charge is 0.491 e. The Balaban J connectivity index is 0.000000769. The van der Waals surface area contributed by atoms with Gasteiger partial charge in [0.1, 0.15) is 0 Å². The first-order valence-electron chi connectivity index (χ1n) is 10.3. The van der Waals surface area contributed by atoms with Crippen molar-refractivity contribution < 1.29 is 18.9 Å². The van der Waals surface area contributed by atoms with E-state index in [1.165, 1.54) is 33.4 Å². The molecule has 0 spiro atoms. The molecule has 0 saturated heterocycles. The average Bonchev–Trinajstić information content (AvgIpc) is 2.74. The zero-order chi connectivity index (χ0) is 24.4. The summed E-state index contributed by atoms with van der Waals surface area (Å²) in [6, 6.07) is 26.5. The number of benzene rings is 3. The van der Waals surface area contributed by atoms with Gasteiger partial charge in [-0.2, -0.15) is 9.79 Å². The third-order valence-corrected chi connectivity index (χ3v) is 5.00. The van der Waals surface area contributed by atoms with Gasteiger partial charge in [0.25, 0.3) is 0 Å². The van der Waals surface area contributed by atoms with Crippen molar-refractivity contribution in [1.29, 1.82) is 0 Å². The highest BCUT2D eigenvalue weighted by Crippen LogP contribution is 2.37. The van der Waals surface area contributed by atoms with Gasteiger partial charge in [-0.05, 0) is 53.3 Å². The molecule has 3 aromatic carbocycles. The molecule has 3 aromatic rings. The molecule has 6 heteroatoms. The first kappa shape index (κ1) is 27.8. The molecular formula is C26H34O4P2+2. The Morgan fingerprint density at radius 3 is 1.47 bits per heavy atom. The van der Waals surface area contributed by atoms with Crippen LogP contribution in [0.3, 0.4) is 0 Å². The van der Waals surface area contributed by atoms with Crippen molar-refractivity contribution in [3.63, 3.8) is 0 Å². The van der Waals surface area contributed by atoms with E-state index < -0.39 is 17.4 Å². The number of rotatable bonds is 2. The van der Waals surface area contributed by atoms with Crippen LogP contribution in [0.5, 0.6) is 0 Å². The van der Waals surface area contributed by atoms with Crippen LogP contribution < -0.4 is 0 Å². The second-order valence-corrected chi connectivity index (χ2v) is 9.75. The van der Waals surface area contributed by atoms with Crippen molar-refractivity contribution in [1.82, 2.24) is 0 Å². The molecule has 3 rings (SSSR count). The molecule has 0 aliphatic rings. The molecule has 0 fully saturated rings. The molecule has 0 heterocycles. The van der Waals surface area contributed by atoms with Gasteiger partial charge in [0, 0.05) is 0 Å². The van der Waals surface area contributed by atoms with Crippen LogP contribution >= 0.6 is 17.4 Å². The van der Waals surface area contributed by atoms with E-state index in [4.69, 9.17) is 18.9 Å². The van der Waals surface area contributed by atoms with E-state index in [0.29, 0.717) is 0 Å². The smallest absolute Gasteiger partial charge is 0.162 e. The summed E-state index contributed by atoms with van der Waals surface area (Å²) in [6.07, 6.45) is 0. The molecule has 0 saturated carbocycles. The zero-order valence-corrected chi connectivity index (χ0v) is 21.6. The Kier molecular flexibility index (Phi) is 11.1. The third kappa shape index (κ3) is 8.37. The van der Waals surface area contributed by atoms with Crippen LogP contribution in [0.1, 0.15) is 52.7 Å². The minimum absolute atomic E-state index is 0.106. The topological polar surface area (TPSA) is 74.6 Å². The van der Waals surface area contributed by atoms with Gasteiger partial charge in [-0.1, -0.05) is 114 Å². The third-order valence-electron chi connectivity index (χ3n) is 5.00. The van der Waals surface area contributed by atoms with Crippen molar-refractivity contribution in [2.75, 3.05) is 0 Å². The number of hydrogen-bond acceptors (Lipinski definition) is 2. The van der Waals surface area contributed by atoms with E-state index in [-0.39, 0.29) is 10.8 Å². The van der Waals surface area contributed by atoms with E-state index in [1.807, 2.05) is 0 Å². The summed E-state index contributed by atoms with van der Waals surface area (Å²) in [5, 5.41) is 0. The predicted molar refractivity (Wildman–Crippen MR) is 137 cm³/mol. The van der Waals surface area contributed by atoms with Gasteiger partial charge in [-0.3, -0.25) is 0 Å². The van der Waals surface area contributed by atoms with E-state index in [9.17, 15) is 0 Å². The summed E-state index contributed by atoms with van der Waals surface area (Å²) in [4.78, 5) is 14.1. The molecule has 0 aliphatic carbocycles. The molecule has 0 aromatic heterocycles. The first-order valence-corrected chi connectivity index (χ1v) is 12.0. The summed E-state index contributed by atoms with van der Waals surface area (Å²) in [5.41, 5.74) is 8.23. The molecule has 2 atom stereocenters. The lowest BCUT2D eigenvalue weighted by Crippen LogP contribution is -2.17. The first-order chi connectivity index (χ1) is 15.0. The molecule has 2 N–H and O–H groups in total. The lowest BCUT2D eigenvalue weighted by atomic mass is 9.77. The molecule has 170 valence electrons. The standard InChI is InChI=1S/C26H30.2HO2P/c1-25(2,3)22-16-17-23(24(18-22)26(4,5)6)21-14-12-20(13-15-21)19-10-8-7-9-11-19;2*1-3-2/h7-18H,1-6H3;2*3H/p+2. The van der Waals surface area contributed by atoms with Crippen molar-refractivity contribution in [2.45, 2.75) is 52.4 Å². The van der Waals surface area contributed by atoms with E-state index in [2.05, 4.69) is 114 Å². The molecule has 0 amide bonds. The molecule has 0 bridgehead atoms. The van der Waals surface area contributed by atoms with Crippen LogP contribution in [-0.2, 0) is 20.0 Å². The normalized spacial score (nSPS) is 11.2.